The van der Waals surface area contributed by atoms with Crippen molar-refractivity contribution < 1.29 is 14.7 Å². The second kappa shape index (κ2) is 15.0. The van der Waals surface area contributed by atoms with E-state index in [-0.39, 0.29) is 5.91 Å². The van der Waals surface area contributed by atoms with E-state index in [0.717, 1.165) is 25.7 Å². The summed E-state index contributed by atoms with van der Waals surface area (Å²) in [4.78, 5) is 25.1. The summed E-state index contributed by atoms with van der Waals surface area (Å²) in [5, 5.41) is 9.25. The summed E-state index contributed by atoms with van der Waals surface area (Å²) in [5.74, 6) is -0.802. The van der Waals surface area contributed by atoms with E-state index in [1.54, 1.807) is 4.90 Å². The number of likely N-dealkylation sites (tertiary alicyclic amines) is 1. The predicted molar refractivity (Wildman–Crippen MR) is 107 cm³/mol. The van der Waals surface area contributed by atoms with Crippen molar-refractivity contribution in [3.05, 3.63) is 0 Å². The first-order valence-electron chi connectivity index (χ1n) is 11.2. The number of hydrogen-bond acceptors (Lipinski definition) is 2. The molecule has 4 heteroatoms. The predicted octanol–water partition coefficient (Wildman–Crippen LogP) is 5.93. The molecule has 0 aliphatic carbocycles. The maximum absolute atomic E-state index is 12.3. The molecule has 4 nitrogen and oxygen atoms in total. The van der Waals surface area contributed by atoms with Crippen LogP contribution in [0.5, 0.6) is 0 Å². The lowest BCUT2D eigenvalue weighted by Crippen LogP contribution is -2.47. The van der Waals surface area contributed by atoms with Crippen LogP contribution in [-0.2, 0) is 9.59 Å². The molecule has 1 saturated heterocycles. The van der Waals surface area contributed by atoms with Crippen LogP contribution in [0.2, 0.25) is 0 Å². The maximum atomic E-state index is 12.3. The summed E-state index contributed by atoms with van der Waals surface area (Å²) in [6, 6.07) is -0.585. The van der Waals surface area contributed by atoms with Gasteiger partial charge in [0.25, 0.3) is 0 Å². The number of carbonyl (C=O) groups is 2. The number of aliphatic carboxylic acids is 1. The molecule has 0 aromatic carbocycles. The molecule has 0 aromatic heterocycles. The molecule has 0 aromatic rings. The second-order valence-electron chi connectivity index (χ2n) is 7.93. The van der Waals surface area contributed by atoms with E-state index in [9.17, 15) is 14.7 Å². The lowest BCUT2D eigenvalue weighted by atomic mass is 10.0. The monoisotopic (exact) mass is 367 g/mol. The van der Waals surface area contributed by atoms with Gasteiger partial charge >= 0.3 is 5.97 Å². The Morgan fingerprint density at radius 3 is 1.81 bits per heavy atom. The van der Waals surface area contributed by atoms with Crippen molar-refractivity contribution in [3.8, 4) is 0 Å². The summed E-state index contributed by atoms with van der Waals surface area (Å²) in [6.45, 7) is 2.88. The lowest BCUT2D eigenvalue weighted by molar-refractivity contribution is -0.152. The number of hydrogen-bond donors (Lipinski definition) is 1. The highest BCUT2D eigenvalue weighted by Crippen LogP contribution is 2.19. The first-order chi connectivity index (χ1) is 12.7. The fraction of sp³-hybridized carbons (Fsp3) is 0.909. The van der Waals surface area contributed by atoms with Crippen molar-refractivity contribution in [2.24, 2.45) is 0 Å². The van der Waals surface area contributed by atoms with Crippen LogP contribution in [0.15, 0.2) is 0 Å². The SMILES string of the molecule is CCCCCCCCCCCCCCCC(=O)N1CCCCC1C(=O)O. The van der Waals surface area contributed by atoms with Gasteiger partial charge in [0.2, 0.25) is 5.91 Å². The maximum Gasteiger partial charge on any atom is 0.326 e. The van der Waals surface area contributed by atoms with Gasteiger partial charge < -0.3 is 10.0 Å². The van der Waals surface area contributed by atoms with Gasteiger partial charge in [0.1, 0.15) is 6.04 Å². The van der Waals surface area contributed by atoms with Crippen molar-refractivity contribution in [1.82, 2.24) is 4.90 Å². The van der Waals surface area contributed by atoms with E-state index in [0.29, 0.717) is 19.4 Å². The molecule has 1 heterocycles. The van der Waals surface area contributed by atoms with Gasteiger partial charge in [0.05, 0.1) is 0 Å². The van der Waals surface area contributed by atoms with Gasteiger partial charge in [-0.2, -0.15) is 0 Å². The zero-order valence-electron chi connectivity index (χ0n) is 17.0. The molecule has 1 amide bonds. The molecule has 1 rings (SSSR count). The molecule has 1 unspecified atom stereocenters. The first-order valence-corrected chi connectivity index (χ1v) is 11.2. The summed E-state index contributed by atoms with van der Waals surface area (Å²) in [6.07, 6.45) is 19.8. The zero-order valence-corrected chi connectivity index (χ0v) is 17.0. The van der Waals surface area contributed by atoms with Gasteiger partial charge in [-0.15, -0.1) is 0 Å². The van der Waals surface area contributed by atoms with E-state index in [2.05, 4.69) is 6.92 Å². The van der Waals surface area contributed by atoms with Crippen molar-refractivity contribution in [1.29, 1.82) is 0 Å². The third-order valence-corrected chi connectivity index (χ3v) is 5.60. The minimum absolute atomic E-state index is 0.0418. The van der Waals surface area contributed by atoms with E-state index in [1.807, 2.05) is 0 Å². The molecule has 1 aliphatic heterocycles. The Hall–Kier alpha value is -1.06. The Morgan fingerprint density at radius 1 is 0.808 bits per heavy atom. The topological polar surface area (TPSA) is 57.6 Å². The van der Waals surface area contributed by atoms with Gasteiger partial charge in [-0.1, -0.05) is 84.0 Å². The molecule has 0 bridgehead atoms. The molecule has 152 valence electrons. The van der Waals surface area contributed by atoms with Crippen LogP contribution < -0.4 is 0 Å². The quantitative estimate of drug-likeness (QED) is 0.365. The molecule has 0 radical (unpaired) electrons. The van der Waals surface area contributed by atoms with Crippen LogP contribution in [-0.4, -0.2) is 34.5 Å². The Morgan fingerprint density at radius 2 is 1.31 bits per heavy atom. The highest BCUT2D eigenvalue weighted by atomic mass is 16.4. The summed E-state index contributed by atoms with van der Waals surface area (Å²) < 4.78 is 0. The number of unbranched alkanes of at least 4 members (excludes halogenated alkanes) is 12. The molecule has 1 atom stereocenters. The van der Waals surface area contributed by atoms with Crippen molar-refractivity contribution in [3.63, 3.8) is 0 Å². The normalized spacial score (nSPS) is 17.4. The molecule has 0 saturated carbocycles. The van der Waals surface area contributed by atoms with E-state index >= 15 is 0 Å². The lowest BCUT2D eigenvalue weighted by Gasteiger charge is -2.33. The largest absolute Gasteiger partial charge is 0.480 e. The summed E-state index contributed by atoms with van der Waals surface area (Å²) in [5.41, 5.74) is 0. The van der Waals surface area contributed by atoms with Crippen LogP contribution in [0, 0.1) is 0 Å². The van der Waals surface area contributed by atoms with Crippen LogP contribution in [0.3, 0.4) is 0 Å². The standard InChI is InChI=1S/C22H41NO3/c1-2-3-4-5-6-7-8-9-10-11-12-13-14-18-21(24)23-19-16-15-17-20(23)22(25)26/h20H,2-19H2,1H3,(H,25,26). The van der Waals surface area contributed by atoms with Gasteiger partial charge in [0, 0.05) is 13.0 Å². The van der Waals surface area contributed by atoms with Crippen LogP contribution >= 0.6 is 0 Å². The second-order valence-corrected chi connectivity index (χ2v) is 7.93. The zero-order chi connectivity index (χ0) is 19.0. The Balaban J connectivity index is 1.93. The van der Waals surface area contributed by atoms with Gasteiger partial charge in [-0.05, 0) is 25.7 Å². The third kappa shape index (κ3) is 10.2. The summed E-state index contributed by atoms with van der Waals surface area (Å²) >= 11 is 0. The fourth-order valence-corrected chi connectivity index (χ4v) is 3.92. The van der Waals surface area contributed by atoms with Crippen molar-refractivity contribution in [2.45, 2.75) is 122 Å². The minimum Gasteiger partial charge on any atom is -0.480 e. The number of carbonyl (C=O) groups excluding carboxylic acids is 1. The smallest absolute Gasteiger partial charge is 0.326 e. The van der Waals surface area contributed by atoms with Gasteiger partial charge in [-0.25, -0.2) is 4.79 Å². The molecule has 26 heavy (non-hydrogen) atoms. The van der Waals surface area contributed by atoms with Crippen LogP contribution in [0.25, 0.3) is 0 Å². The molecule has 1 fully saturated rings. The number of amides is 1. The number of rotatable bonds is 15. The first kappa shape index (κ1) is 23.0. The molecule has 1 N–H and O–H groups in total. The average molecular weight is 368 g/mol. The van der Waals surface area contributed by atoms with Crippen molar-refractivity contribution in [2.75, 3.05) is 6.54 Å². The van der Waals surface area contributed by atoms with E-state index in [4.69, 9.17) is 0 Å². The average Bonchev–Trinajstić information content (AvgIpc) is 2.65. The Kier molecular flexibility index (Phi) is 13.3. The number of carboxylic acids is 1. The third-order valence-electron chi connectivity index (χ3n) is 5.60. The van der Waals surface area contributed by atoms with E-state index in [1.165, 1.54) is 70.6 Å². The Labute approximate surface area is 160 Å². The van der Waals surface area contributed by atoms with Gasteiger partial charge in [0.15, 0.2) is 0 Å². The minimum atomic E-state index is -0.844. The van der Waals surface area contributed by atoms with Gasteiger partial charge in [-0.3, -0.25) is 4.79 Å². The Bertz CT molecular complexity index is 384. The molecule has 1 aliphatic rings. The van der Waals surface area contributed by atoms with Crippen LogP contribution in [0.4, 0.5) is 0 Å². The highest BCUT2D eigenvalue weighted by molar-refractivity contribution is 5.83. The molecular weight excluding hydrogens is 326 g/mol. The van der Waals surface area contributed by atoms with E-state index < -0.39 is 12.0 Å². The molecule has 0 spiro atoms. The fourth-order valence-electron chi connectivity index (χ4n) is 3.92. The van der Waals surface area contributed by atoms with Crippen molar-refractivity contribution >= 4 is 11.9 Å². The number of nitrogens with zero attached hydrogens (tertiary/aromatic N) is 1. The summed E-state index contributed by atoms with van der Waals surface area (Å²) in [7, 11) is 0. The number of carboxylic acid groups (broad SMARTS) is 1. The highest BCUT2D eigenvalue weighted by Gasteiger charge is 2.31. The molecular formula is C22H41NO3. The van der Waals surface area contributed by atoms with Crippen LogP contribution in [0.1, 0.15) is 116 Å². The number of piperidine rings is 1.